The molecular weight excluding hydrogens is 326 g/mol. The Morgan fingerprint density at radius 3 is 2.44 bits per heavy atom. The summed E-state index contributed by atoms with van der Waals surface area (Å²) in [6, 6.07) is 23.8. The second-order valence-electron chi connectivity index (χ2n) is 7.53. The van der Waals surface area contributed by atoms with E-state index in [0.29, 0.717) is 0 Å². The maximum atomic E-state index is 3.97. The standard InChI is InChI=1S/C26H26N/c1-4-5-19-26(2)24(18-15-20-11-7-6-8-12-20)27(3)23-17-16-21-13-9-10-14-22(21)25(23)26/h4,6-18H,1,5,19H2,2-3H3/q+1/b18-15+. The molecule has 4 rings (SSSR count). The molecule has 0 aromatic heterocycles. The molecule has 1 aliphatic rings. The fraction of sp³-hybridized carbons (Fsp3) is 0.192. The van der Waals surface area contributed by atoms with Gasteiger partial charge in [0.05, 0.1) is 5.41 Å². The zero-order chi connectivity index (χ0) is 18.9. The third-order valence-electron chi connectivity index (χ3n) is 5.83. The van der Waals surface area contributed by atoms with E-state index in [9.17, 15) is 0 Å². The molecule has 0 saturated heterocycles. The van der Waals surface area contributed by atoms with Gasteiger partial charge in [-0.3, -0.25) is 0 Å². The quantitative estimate of drug-likeness (QED) is 0.364. The summed E-state index contributed by atoms with van der Waals surface area (Å²) in [6.07, 6.45) is 8.61. The van der Waals surface area contributed by atoms with Gasteiger partial charge in [-0.15, -0.1) is 6.58 Å². The molecule has 27 heavy (non-hydrogen) atoms. The highest BCUT2D eigenvalue weighted by molar-refractivity contribution is 6.09. The second kappa shape index (κ2) is 7.00. The predicted octanol–water partition coefficient (Wildman–Crippen LogP) is 6.51. The summed E-state index contributed by atoms with van der Waals surface area (Å²) < 4.78 is 2.37. The number of nitrogens with zero attached hydrogens (tertiary/aromatic N) is 1. The molecule has 1 aliphatic heterocycles. The van der Waals surface area contributed by atoms with Crippen molar-refractivity contribution in [2.45, 2.75) is 25.2 Å². The largest absolute Gasteiger partial charge is 0.210 e. The first kappa shape index (κ1) is 17.5. The Labute approximate surface area is 162 Å². The number of hydrogen-bond donors (Lipinski definition) is 0. The second-order valence-corrected chi connectivity index (χ2v) is 7.53. The number of fused-ring (bicyclic) bond motifs is 3. The van der Waals surface area contributed by atoms with Crippen LogP contribution < -0.4 is 0 Å². The monoisotopic (exact) mass is 352 g/mol. The van der Waals surface area contributed by atoms with Crippen molar-refractivity contribution in [3.8, 4) is 0 Å². The first-order valence-electron chi connectivity index (χ1n) is 9.62. The van der Waals surface area contributed by atoms with Gasteiger partial charge in [0.15, 0.2) is 5.71 Å². The van der Waals surface area contributed by atoms with E-state index in [1.54, 1.807) is 0 Å². The Bertz CT molecular complexity index is 1060. The molecule has 1 nitrogen and oxygen atoms in total. The van der Waals surface area contributed by atoms with Crippen molar-refractivity contribution in [2.24, 2.45) is 0 Å². The molecule has 1 heterocycles. The molecule has 1 heteroatoms. The van der Waals surface area contributed by atoms with Crippen LogP contribution in [0, 0.1) is 0 Å². The van der Waals surface area contributed by atoms with Crippen LogP contribution in [0.1, 0.15) is 30.9 Å². The average molecular weight is 353 g/mol. The summed E-state index contributed by atoms with van der Waals surface area (Å²) in [6.45, 7) is 6.35. The topological polar surface area (TPSA) is 3.01 Å². The lowest BCUT2D eigenvalue weighted by molar-refractivity contribution is -0.401. The van der Waals surface area contributed by atoms with Crippen LogP contribution in [0.25, 0.3) is 16.8 Å². The minimum Gasteiger partial charge on any atom is -0.198 e. The Balaban J connectivity index is 1.89. The van der Waals surface area contributed by atoms with Crippen LogP contribution in [-0.2, 0) is 5.41 Å². The van der Waals surface area contributed by atoms with Gasteiger partial charge in [-0.2, -0.15) is 4.58 Å². The molecule has 3 aromatic carbocycles. The molecule has 0 saturated carbocycles. The first-order chi connectivity index (χ1) is 13.1. The third-order valence-corrected chi connectivity index (χ3v) is 5.83. The molecule has 0 radical (unpaired) electrons. The zero-order valence-electron chi connectivity index (χ0n) is 16.2. The summed E-state index contributed by atoms with van der Waals surface area (Å²) in [5.41, 5.74) is 5.29. The highest BCUT2D eigenvalue weighted by atomic mass is 15.0. The summed E-state index contributed by atoms with van der Waals surface area (Å²) in [5.74, 6) is 0. The molecule has 0 bridgehead atoms. The van der Waals surface area contributed by atoms with Crippen LogP contribution >= 0.6 is 0 Å². The van der Waals surface area contributed by atoms with E-state index in [4.69, 9.17) is 0 Å². The van der Waals surface area contributed by atoms with Gasteiger partial charge < -0.3 is 0 Å². The molecule has 0 fully saturated rings. The van der Waals surface area contributed by atoms with Gasteiger partial charge in [0.2, 0.25) is 5.69 Å². The van der Waals surface area contributed by atoms with Gasteiger partial charge in [0.25, 0.3) is 0 Å². The summed E-state index contributed by atoms with van der Waals surface area (Å²) in [4.78, 5) is 0. The van der Waals surface area contributed by atoms with E-state index < -0.39 is 0 Å². The number of rotatable bonds is 5. The van der Waals surface area contributed by atoms with Crippen LogP contribution in [0.4, 0.5) is 5.69 Å². The maximum absolute atomic E-state index is 3.97. The van der Waals surface area contributed by atoms with E-state index >= 15 is 0 Å². The molecule has 1 atom stereocenters. The normalized spacial score (nSPS) is 19.0. The molecule has 0 aliphatic carbocycles. The van der Waals surface area contributed by atoms with Crippen LogP contribution in [0.3, 0.4) is 0 Å². The van der Waals surface area contributed by atoms with Gasteiger partial charge in [0.1, 0.15) is 7.05 Å². The number of benzene rings is 3. The molecule has 0 amide bonds. The van der Waals surface area contributed by atoms with E-state index in [1.165, 1.54) is 33.3 Å². The molecule has 3 aromatic rings. The molecular formula is C26H26N+. The van der Waals surface area contributed by atoms with Crippen LogP contribution in [0.5, 0.6) is 0 Å². The van der Waals surface area contributed by atoms with E-state index in [1.807, 2.05) is 6.08 Å². The van der Waals surface area contributed by atoms with Gasteiger partial charge in [0, 0.05) is 17.7 Å². The molecule has 134 valence electrons. The minimum absolute atomic E-state index is 0.0373. The smallest absolute Gasteiger partial charge is 0.198 e. The first-order valence-corrected chi connectivity index (χ1v) is 9.62. The van der Waals surface area contributed by atoms with Crippen LogP contribution in [-0.4, -0.2) is 17.3 Å². The summed E-state index contributed by atoms with van der Waals surface area (Å²) in [5, 5.41) is 2.67. The average Bonchev–Trinajstić information content (AvgIpc) is 2.93. The Morgan fingerprint density at radius 1 is 0.926 bits per heavy atom. The van der Waals surface area contributed by atoms with E-state index in [0.717, 1.165) is 12.8 Å². The highest BCUT2D eigenvalue weighted by Gasteiger charge is 2.47. The molecule has 0 spiro atoms. The van der Waals surface area contributed by atoms with Crippen LogP contribution in [0.2, 0.25) is 0 Å². The van der Waals surface area contributed by atoms with Crippen molar-refractivity contribution in [2.75, 3.05) is 7.05 Å². The van der Waals surface area contributed by atoms with E-state index in [2.05, 4.69) is 104 Å². The minimum atomic E-state index is -0.0373. The lowest BCUT2D eigenvalue weighted by Gasteiger charge is -2.23. The fourth-order valence-electron chi connectivity index (χ4n) is 4.43. The number of allylic oxidation sites excluding steroid dienone is 2. The summed E-state index contributed by atoms with van der Waals surface area (Å²) in [7, 11) is 2.19. The Kier molecular flexibility index (Phi) is 4.53. The van der Waals surface area contributed by atoms with Gasteiger partial charge in [-0.1, -0.05) is 60.7 Å². The Morgan fingerprint density at radius 2 is 1.67 bits per heavy atom. The van der Waals surface area contributed by atoms with Gasteiger partial charge in [-0.05, 0) is 48.2 Å². The van der Waals surface area contributed by atoms with Crippen molar-refractivity contribution < 1.29 is 4.58 Å². The van der Waals surface area contributed by atoms with Gasteiger partial charge >= 0.3 is 0 Å². The highest BCUT2D eigenvalue weighted by Crippen LogP contribution is 2.46. The lowest BCUT2D eigenvalue weighted by Crippen LogP contribution is -2.30. The SMILES string of the molecule is C=CCCC1(C)C(/C=C/c2ccccc2)=[N+](C)c2ccc3ccccc3c21. The maximum Gasteiger partial charge on any atom is 0.210 e. The van der Waals surface area contributed by atoms with Crippen molar-refractivity contribution >= 4 is 28.2 Å². The zero-order valence-corrected chi connectivity index (χ0v) is 16.2. The fourth-order valence-corrected chi connectivity index (χ4v) is 4.43. The predicted molar refractivity (Wildman–Crippen MR) is 117 cm³/mol. The van der Waals surface area contributed by atoms with Crippen molar-refractivity contribution in [1.82, 2.24) is 0 Å². The third kappa shape index (κ3) is 2.94. The summed E-state index contributed by atoms with van der Waals surface area (Å²) >= 11 is 0. The van der Waals surface area contributed by atoms with E-state index in [-0.39, 0.29) is 5.41 Å². The van der Waals surface area contributed by atoms with Crippen molar-refractivity contribution in [3.63, 3.8) is 0 Å². The Hall–Kier alpha value is -2.93. The lowest BCUT2D eigenvalue weighted by atomic mass is 9.74. The molecule has 1 unspecified atom stereocenters. The van der Waals surface area contributed by atoms with Crippen molar-refractivity contribution in [1.29, 1.82) is 0 Å². The van der Waals surface area contributed by atoms with Gasteiger partial charge in [-0.25, -0.2) is 0 Å². The van der Waals surface area contributed by atoms with Crippen LogP contribution in [0.15, 0.2) is 85.5 Å². The molecule has 0 N–H and O–H groups in total. The van der Waals surface area contributed by atoms with Crippen molar-refractivity contribution in [3.05, 3.63) is 96.6 Å². The number of hydrogen-bond acceptors (Lipinski definition) is 0.